The van der Waals surface area contributed by atoms with Crippen LogP contribution < -0.4 is 5.32 Å². The van der Waals surface area contributed by atoms with Crippen LogP contribution in [0.2, 0.25) is 0 Å². The molecule has 0 radical (unpaired) electrons. The van der Waals surface area contributed by atoms with Crippen LogP contribution in [0.15, 0.2) is 18.3 Å². The van der Waals surface area contributed by atoms with Gasteiger partial charge in [-0.05, 0) is 25.5 Å². The van der Waals surface area contributed by atoms with Crippen molar-refractivity contribution < 1.29 is 9.53 Å². The lowest BCUT2D eigenvalue weighted by Crippen LogP contribution is -2.44. The Morgan fingerprint density at radius 1 is 1.67 bits per heavy atom. The Balaban J connectivity index is 3.04. The van der Waals surface area contributed by atoms with Crippen LogP contribution in [0.4, 0.5) is 5.69 Å². The summed E-state index contributed by atoms with van der Waals surface area (Å²) in [5.41, 5.74) is -0.0388. The Labute approximate surface area is 107 Å². The average molecular weight is 247 g/mol. The Morgan fingerprint density at radius 3 is 2.94 bits per heavy atom. The second-order valence-corrected chi connectivity index (χ2v) is 4.21. The molecule has 0 aliphatic carbocycles. The summed E-state index contributed by atoms with van der Waals surface area (Å²) in [4.78, 5) is 15.8. The summed E-state index contributed by atoms with van der Waals surface area (Å²) in [6, 6.07) is 5.43. The maximum atomic E-state index is 11.8. The molecule has 5 heteroatoms. The Bertz CT molecular complexity index is 468. The van der Waals surface area contributed by atoms with Crippen molar-refractivity contribution in [1.82, 2.24) is 4.98 Å². The Kier molecular flexibility index (Phi) is 4.67. The second kappa shape index (κ2) is 6.01. The van der Waals surface area contributed by atoms with Gasteiger partial charge in [0.1, 0.15) is 11.6 Å². The van der Waals surface area contributed by atoms with Crippen LogP contribution in [-0.2, 0) is 9.53 Å². The van der Waals surface area contributed by atoms with Crippen molar-refractivity contribution in [2.45, 2.75) is 32.2 Å². The number of hydrogen-bond donors (Lipinski definition) is 1. The Morgan fingerprint density at radius 2 is 2.39 bits per heavy atom. The molecule has 1 aromatic heterocycles. The van der Waals surface area contributed by atoms with E-state index in [9.17, 15) is 4.79 Å². The van der Waals surface area contributed by atoms with Crippen molar-refractivity contribution in [3.63, 3.8) is 0 Å². The lowest BCUT2D eigenvalue weighted by molar-refractivity contribution is -0.145. The third-order valence-electron chi connectivity index (χ3n) is 2.71. The number of nitriles is 1. The second-order valence-electron chi connectivity index (χ2n) is 4.21. The summed E-state index contributed by atoms with van der Waals surface area (Å²) in [7, 11) is 1.35. The van der Waals surface area contributed by atoms with E-state index < -0.39 is 5.54 Å². The van der Waals surface area contributed by atoms with E-state index in [2.05, 4.69) is 10.3 Å². The number of carbonyl (C=O) groups is 1. The van der Waals surface area contributed by atoms with Crippen LogP contribution in [0.3, 0.4) is 0 Å². The van der Waals surface area contributed by atoms with E-state index in [0.29, 0.717) is 12.1 Å². The summed E-state index contributed by atoms with van der Waals surface area (Å²) in [6.07, 6.45) is 2.97. The highest BCUT2D eigenvalue weighted by atomic mass is 16.5. The first-order valence-corrected chi connectivity index (χ1v) is 5.79. The number of carbonyl (C=O) groups excluding carboxylic acids is 1. The first-order chi connectivity index (χ1) is 8.57. The van der Waals surface area contributed by atoms with Crippen LogP contribution in [0.5, 0.6) is 0 Å². The molecule has 1 N–H and O–H groups in total. The summed E-state index contributed by atoms with van der Waals surface area (Å²) < 4.78 is 4.81. The molecule has 0 bridgehead atoms. The van der Waals surface area contributed by atoms with E-state index in [-0.39, 0.29) is 11.7 Å². The van der Waals surface area contributed by atoms with Gasteiger partial charge in [0.05, 0.1) is 12.8 Å². The minimum absolute atomic E-state index is 0.267. The zero-order chi connectivity index (χ0) is 13.6. The van der Waals surface area contributed by atoms with Crippen LogP contribution in [0.25, 0.3) is 0 Å². The summed E-state index contributed by atoms with van der Waals surface area (Å²) in [6.45, 7) is 3.74. The van der Waals surface area contributed by atoms with Crippen LogP contribution in [-0.4, -0.2) is 23.6 Å². The molecular weight excluding hydrogens is 230 g/mol. The number of pyridine rings is 1. The third kappa shape index (κ3) is 2.98. The van der Waals surface area contributed by atoms with Crippen molar-refractivity contribution in [2.24, 2.45) is 0 Å². The minimum Gasteiger partial charge on any atom is -0.467 e. The molecule has 0 aliphatic rings. The fourth-order valence-corrected chi connectivity index (χ4v) is 1.83. The molecule has 1 heterocycles. The first-order valence-electron chi connectivity index (χ1n) is 5.79. The van der Waals surface area contributed by atoms with Crippen LogP contribution in [0.1, 0.15) is 32.4 Å². The number of aromatic nitrogens is 1. The molecule has 5 nitrogen and oxygen atoms in total. The van der Waals surface area contributed by atoms with E-state index >= 15 is 0 Å². The van der Waals surface area contributed by atoms with Crippen LogP contribution >= 0.6 is 0 Å². The van der Waals surface area contributed by atoms with Gasteiger partial charge < -0.3 is 10.1 Å². The molecule has 1 aromatic rings. The average Bonchev–Trinajstić information content (AvgIpc) is 2.38. The highest BCUT2D eigenvalue weighted by Gasteiger charge is 2.33. The highest BCUT2D eigenvalue weighted by Crippen LogP contribution is 2.23. The number of hydrogen-bond acceptors (Lipinski definition) is 5. The molecule has 1 atom stereocenters. The number of rotatable bonds is 5. The quantitative estimate of drug-likeness (QED) is 0.806. The van der Waals surface area contributed by atoms with Crippen molar-refractivity contribution in [3.05, 3.63) is 24.0 Å². The summed E-state index contributed by atoms with van der Waals surface area (Å²) in [5, 5.41) is 12.0. The first kappa shape index (κ1) is 14.0. The largest absolute Gasteiger partial charge is 0.467 e. The van der Waals surface area contributed by atoms with Gasteiger partial charge in [0, 0.05) is 6.20 Å². The van der Waals surface area contributed by atoms with Crippen molar-refractivity contribution in [1.29, 1.82) is 5.26 Å². The molecule has 1 rings (SSSR count). The van der Waals surface area contributed by atoms with Gasteiger partial charge in [-0.2, -0.15) is 5.26 Å². The van der Waals surface area contributed by atoms with Gasteiger partial charge in [0.2, 0.25) is 0 Å². The van der Waals surface area contributed by atoms with Gasteiger partial charge in [-0.1, -0.05) is 13.3 Å². The van der Waals surface area contributed by atoms with Gasteiger partial charge >= 0.3 is 5.97 Å². The number of esters is 1. The minimum atomic E-state index is -0.849. The topological polar surface area (TPSA) is 75.0 Å². The lowest BCUT2D eigenvalue weighted by atomic mass is 9.95. The Hall–Kier alpha value is -2.09. The zero-order valence-electron chi connectivity index (χ0n) is 10.9. The number of anilines is 1. The van der Waals surface area contributed by atoms with Gasteiger partial charge in [-0.3, -0.25) is 0 Å². The normalized spacial score (nSPS) is 13.2. The molecule has 96 valence electrons. The zero-order valence-corrected chi connectivity index (χ0v) is 10.9. The fourth-order valence-electron chi connectivity index (χ4n) is 1.83. The summed E-state index contributed by atoms with van der Waals surface area (Å²) >= 11 is 0. The van der Waals surface area contributed by atoms with Gasteiger partial charge in [0.25, 0.3) is 0 Å². The maximum absolute atomic E-state index is 11.8. The number of nitrogens with zero attached hydrogens (tertiary/aromatic N) is 2. The van der Waals surface area contributed by atoms with E-state index in [1.807, 2.05) is 13.0 Å². The van der Waals surface area contributed by atoms with E-state index in [4.69, 9.17) is 10.00 Å². The SMILES string of the molecule is CCCC(C)(Nc1cccnc1C#N)C(=O)OC. The standard InChI is InChI=1S/C13H17N3O2/c1-4-7-13(2,12(17)18-3)16-10-6-5-8-15-11(10)9-14/h5-6,8,16H,4,7H2,1-3H3. The number of nitrogens with one attached hydrogen (secondary N) is 1. The highest BCUT2D eigenvalue weighted by molar-refractivity contribution is 5.84. The van der Waals surface area contributed by atoms with Crippen molar-refractivity contribution in [2.75, 3.05) is 12.4 Å². The maximum Gasteiger partial charge on any atom is 0.331 e. The molecule has 0 fully saturated rings. The predicted octanol–water partition coefficient (Wildman–Crippen LogP) is 2.10. The molecule has 0 aromatic carbocycles. The van der Waals surface area contributed by atoms with E-state index in [1.54, 1.807) is 25.3 Å². The summed E-state index contributed by atoms with van der Waals surface area (Å²) in [5.74, 6) is -0.350. The van der Waals surface area contributed by atoms with Gasteiger partial charge in [0.15, 0.2) is 5.69 Å². The van der Waals surface area contributed by atoms with E-state index in [1.165, 1.54) is 7.11 Å². The number of methoxy groups -OCH3 is 1. The molecule has 0 amide bonds. The van der Waals surface area contributed by atoms with Gasteiger partial charge in [-0.25, -0.2) is 9.78 Å². The van der Waals surface area contributed by atoms with E-state index in [0.717, 1.165) is 6.42 Å². The lowest BCUT2D eigenvalue weighted by Gasteiger charge is -2.28. The smallest absolute Gasteiger partial charge is 0.331 e. The van der Waals surface area contributed by atoms with Crippen molar-refractivity contribution >= 4 is 11.7 Å². The fraction of sp³-hybridized carbons (Fsp3) is 0.462. The molecular formula is C13H17N3O2. The molecule has 18 heavy (non-hydrogen) atoms. The third-order valence-corrected chi connectivity index (χ3v) is 2.71. The van der Waals surface area contributed by atoms with Gasteiger partial charge in [-0.15, -0.1) is 0 Å². The molecule has 0 spiro atoms. The molecule has 0 saturated carbocycles. The van der Waals surface area contributed by atoms with Crippen LogP contribution in [0, 0.1) is 11.3 Å². The monoisotopic (exact) mass is 247 g/mol. The van der Waals surface area contributed by atoms with Crippen molar-refractivity contribution in [3.8, 4) is 6.07 Å². The predicted molar refractivity (Wildman–Crippen MR) is 67.9 cm³/mol. The number of ether oxygens (including phenoxy) is 1. The molecule has 0 aliphatic heterocycles. The molecule has 1 unspecified atom stereocenters. The molecule has 0 saturated heterocycles.